The third-order valence-electron chi connectivity index (χ3n) is 5.34. The highest BCUT2D eigenvalue weighted by molar-refractivity contribution is 6.02. The number of nitrogens with one attached hydrogen (secondary N) is 1. The number of aryl methyl sites for hydroxylation is 1. The van der Waals surface area contributed by atoms with Gasteiger partial charge in [-0.25, -0.2) is 19.3 Å². The Morgan fingerprint density at radius 1 is 1.26 bits per heavy atom. The molecule has 5 rings (SSSR count). The van der Waals surface area contributed by atoms with Crippen molar-refractivity contribution in [1.29, 1.82) is 0 Å². The number of pyridine rings is 1. The number of nitrogens with zero attached hydrogens (tertiary/aromatic N) is 5. The van der Waals surface area contributed by atoms with Gasteiger partial charge in [-0.1, -0.05) is 0 Å². The largest absolute Gasteiger partial charge is 0.355 e. The summed E-state index contributed by atoms with van der Waals surface area (Å²) >= 11 is 0. The molecule has 0 radical (unpaired) electrons. The van der Waals surface area contributed by atoms with Crippen molar-refractivity contribution >= 4 is 23.1 Å². The minimum Gasteiger partial charge on any atom is -0.355 e. The molecule has 0 aromatic carbocycles. The number of carbonyl (C=O) groups excluding carboxylic acids is 1. The highest BCUT2D eigenvalue weighted by atomic mass is 19.1. The molecule has 1 aliphatic carbocycles. The van der Waals surface area contributed by atoms with E-state index in [1.54, 1.807) is 29.9 Å². The van der Waals surface area contributed by atoms with Crippen molar-refractivity contribution in [2.75, 3.05) is 23.3 Å². The first-order chi connectivity index (χ1) is 13.0. The van der Waals surface area contributed by atoms with Gasteiger partial charge in [-0.2, -0.15) is 0 Å². The van der Waals surface area contributed by atoms with Crippen molar-refractivity contribution in [2.24, 2.45) is 17.6 Å². The number of nitrogens with two attached hydrogens (primary N) is 1. The van der Waals surface area contributed by atoms with Crippen LogP contribution in [0.25, 0.3) is 5.65 Å². The van der Waals surface area contributed by atoms with Crippen molar-refractivity contribution in [3.8, 4) is 0 Å². The van der Waals surface area contributed by atoms with Gasteiger partial charge >= 0.3 is 0 Å². The van der Waals surface area contributed by atoms with Crippen LogP contribution in [-0.2, 0) is 0 Å². The molecule has 27 heavy (non-hydrogen) atoms. The Morgan fingerprint density at radius 2 is 2.04 bits per heavy atom. The quantitative estimate of drug-likeness (QED) is 0.722. The zero-order valence-corrected chi connectivity index (χ0v) is 14.6. The second-order valence-corrected chi connectivity index (χ2v) is 7.21. The summed E-state index contributed by atoms with van der Waals surface area (Å²) in [5, 5.41) is 2.65. The summed E-state index contributed by atoms with van der Waals surface area (Å²) in [7, 11) is 0. The van der Waals surface area contributed by atoms with E-state index in [4.69, 9.17) is 5.73 Å². The monoisotopic (exact) mass is 367 g/mol. The third kappa shape index (κ3) is 2.71. The molecule has 8 nitrogen and oxygen atoms in total. The number of aromatic nitrogens is 4. The average Bonchev–Trinajstić information content (AvgIpc) is 3.03. The van der Waals surface area contributed by atoms with E-state index in [0.29, 0.717) is 29.3 Å². The molecule has 1 saturated carbocycles. The molecule has 1 saturated heterocycles. The summed E-state index contributed by atoms with van der Waals surface area (Å²) in [4.78, 5) is 27.2. The molecule has 138 valence electrons. The Bertz CT molecular complexity index is 1040. The van der Waals surface area contributed by atoms with Crippen molar-refractivity contribution < 1.29 is 9.18 Å². The fraction of sp³-hybridized carbons (Fsp3) is 0.333. The molecule has 3 aromatic heterocycles. The number of anilines is 2. The van der Waals surface area contributed by atoms with Gasteiger partial charge in [0.25, 0.3) is 5.91 Å². The van der Waals surface area contributed by atoms with Crippen LogP contribution in [0.3, 0.4) is 0 Å². The predicted molar refractivity (Wildman–Crippen MR) is 97.0 cm³/mol. The van der Waals surface area contributed by atoms with Crippen LogP contribution in [0.5, 0.6) is 0 Å². The number of hydrogen-bond acceptors (Lipinski definition) is 6. The van der Waals surface area contributed by atoms with Gasteiger partial charge in [0, 0.05) is 37.6 Å². The molecule has 2 fully saturated rings. The fourth-order valence-electron chi connectivity index (χ4n) is 3.80. The lowest BCUT2D eigenvalue weighted by molar-refractivity contribution is 0.102. The van der Waals surface area contributed by atoms with E-state index in [2.05, 4.69) is 25.2 Å². The minimum atomic E-state index is -0.506. The number of amides is 1. The summed E-state index contributed by atoms with van der Waals surface area (Å²) in [6, 6.07) is 1.55. The Hall–Kier alpha value is -3.07. The summed E-state index contributed by atoms with van der Waals surface area (Å²) in [5.41, 5.74) is 7.35. The molecule has 9 heteroatoms. The minimum absolute atomic E-state index is 0.169. The van der Waals surface area contributed by atoms with Crippen LogP contribution in [0.2, 0.25) is 0 Å². The first-order valence-electron chi connectivity index (χ1n) is 8.78. The molecular formula is C18H18FN7O. The Kier molecular flexibility index (Phi) is 3.41. The van der Waals surface area contributed by atoms with Gasteiger partial charge in [0.15, 0.2) is 11.5 Å². The van der Waals surface area contributed by atoms with E-state index in [1.807, 2.05) is 0 Å². The number of fused-ring (bicyclic) bond motifs is 2. The topological polar surface area (TPSA) is 101 Å². The van der Waals surface area contributed by atoms with E-state index >= 15 is 0 Å². The summed E-state index contributed by atoms with van der Waals surface area (Å²) < 4.78 is 15.7. The lowest BCUT2D eigenvalue weighted by atomic mass is 10.3. The second-order valence-electron chi connectivity index (χ2n) is 7.21. The van der Waals surface area contributed by atoms with Gasteiger partial charge in [-0.05, 0) is 18.8 Å². The predicted octanol–water partition coefficient (Wildman–Crippen LogP) is 1.22. The second kappa shape index (κ2) is 5.71. The maximum absolute atomic E-state index is 14.1. The zero-order chi connectivity index (χ0) is 18.7. The van der Waals surface area contributed by atoms with E-state index in [9.17, 15) is 9.18 Å². The first kappa shape index (κ1) is 16.1. The average molecular weight is 367 g/mol. The van der Waals surface area contributed by atoms with Gasteiger partial charge < -0.3 is 20.4 Å². The van der Waals surface area contributed by atoms with Gasteiger partial charge in [-0.15, -0.1) is 0 Å². The summed E-state index contributed by atoms with van der Waals surface area (Å²) in [5.74, 6) is 0.883. The Balaban J connectivity index is 1.31. The van der Waals surface area contributed by atoms with Crippen molar-refractivity contribution in [3.05, 3.63) is 48.1 Å². The Labute approximate surface area is 154 Å². The number of rotatable bonds is 3. The lowest BCUT2D eigenvalue weighted by Gasteiger charge is -2.19. The van der Waals surface area contributed by atoms with E-state index in [1.165, 1.54) is 12.3 Å². The number of piperidine rings is 1. The molecule has 2 unspecified atom stereocenters. The highest BCUT2D eigenvalue weighted by Crippen LogP contribution is 2.44. The van der Waals surface area contributed by atoms with Crippen LogP contribution in [0.1, 0.15) is 16.2 Å². The lowest BCUT2D eigenvalue weighted by Crippen LogP contribution is -2.29. The molecule has 3 atom stereocenters. The molecule has 3 aromatic rings. The van der Waals surface area contributed by atoms with Crippen molar-refractivity contribution in [3.63, 3.8) is 0 Å². The van der Waals surface area contributed by atoms with Crippen molar-refractivity contribution in [1.82, 2.24) is 19.4 Å². The smallest absolute Gasteiger partial charge is 0.275 e. The van der Waals surface area contributed by atoms with Gasteiger partial charge in [0.1, 0.15) is 11.5 Å². The van der Waals surface area contributed by atoms with Crippen LogP contribution in [0, 0.1) is 24.6 Å². The Morgan fingerprint density at radius 3 is 2.74 bits per heavy atom. The summed E-state index contributed by atoms with van der Waals surface area (Å²) in [6.45, 7) is 3.55. The molecule has 1 aliphatic heterocycles. The van der Waals surface area contributed by atoms with Crippen LogP contribution < -0.4 is 16.0 Å². The standard InChI is InChI=1S/C18H18FN7O/c1-9-5-26-6-10(2-13(19)17(26)23-9)24-18(27)14-3-22-15(4-21-14)25-7-11-12(8-25)16(11)20/h2-6,11-12,16H,7-8,20H2,1H3,(H,24,27)/t11-,12?,16?/m0/s1. The normalized spacial score (nSPS) is 23.5. The highest BCUT2D eigenvalue weighted by Gasteiger charge is 2.53. The maximum atomic E-state index is 14.1. The molecule has 0 spiro atoms. The van der Waals surface area contributed by atoms with Gasteiger partial charge in [0.05, 0.1) is 23.8 Å². The number of halogens is 1. The first-order valence-corrected chi connectivity index (χ1v) is 8.78. The molecule has 1 amide bonds. The number of hydrogen-bond donors (Lipinski definition) is 2. The fourth-order valence-corrected chi connectivity index (χ4v) is 3.80. The maximum Gasteiger partial charge on any atom is 0.275 e. The number of imidazole rings is 1. The third-order valence-corrected chi connectivity index (χ3v) is 5.34. The van der Waals surface area contributed by atoms with E-state index in [-0.39, 0.29) is 11.3 Å². The van der Waals surface area contributed by atoms with E-state index < -0.39 is 11.7 Å². The van der Waals surface area contributed by atoms with Crippen LogP contribution in [-0.4, -0.2) is 44.4 Å². The van der Waals surface area contributed by atoms with E-state index in [0.717, 1.165) is 18.9 Å². The molecule has 3 N–H and O–H groups in total. The molecule has 2 aliphatic rings. The van der Waals surface area contributed by atoms with Crippen LogP contribution >= 0.6 is 0 Å². The SMILES string of the molecule is Cc1cn2cc(NC(=O)c3cnc(N4CC5C(N)[C@H]5C4)cn3)cc(F)c2n1. The van der Waals surface area contributed by atoms with Crippen LogP contribution in [0.4, 0.5) is 15.9 Å². The molecule has 4 heterocycles. The van der Waals surface area contributed by atoms with Gasteiger partial charge in [0.2, 0.25) is 0 Å². The number of carbonyl (C=O) groups is 1. The molecule has 0 bridgehead atoms. The van der Waals surface area contributed by atoms with Gasteiger partial charge in [-0.3, -0.25) is 4.79 Å². The molecular weight excluding hydrogens is 349 g/mol. The van der Waals surface area contributed by atoms with Crippen LogP contribution in [0.15, 0.2) is 30.9 Å². The van der Waals surface area contributed by atoms with Crippen molar-refractivity contribution in [2.45, 2.75) is 13.0 Å². The zero-order valence-electron chi connectivity index (χ0n) is 14.6. The summed E-state index contributed by atoms with van der Waals surface area (Å²) in [6.07, 6.45) is 6.33.